The van der Waals surface area contributed by atoms with Gasteiger partial charge in [-0.25, -0.2) is 0 Å². The second-order valence-electron chi connectivity index (χ2n) is 6.69. The van der Waals surface area contributed by atoms with Crippen LogP contribution in [-0.2, 0) is 18.3 Å². The van der Waals surface area contributed by atoms with Gasteiger partial charge in [-0.2, -0.15) is 0 Å². The summed E-state index contributed by atoms with van der Waals surface area (Å²) >= 11 is 1.37. The summed E-state index contributed by atoms with van der Waals surface area (Å²) in [6.45, 7) is 2.11. The molecule has 1 amide bonds. The Morgan fingerprint density at radius 2 is 1.75 bits per heavy atom. The van der Waals surface area contributed by atoms with Crippen molar-refractivity contribution in [2.45, 2.75) is 18.5 Å². The lowest BCUT2D eigenvalue weighted by molar-refractivity contribution is -0.113. The van der Waals surface area contributed by atoms with E-state index in [0.717, 1.165) is 29.2 Å². The zero-order valence-electron chi connectivity index (χ0n) is 16.6. The Morgan fingerprint density at radius 1 is 1.07 bits per heavy atom. The van der Waals surface area contributed by atoms with Crippen molar-refractivity contribution in [3.05, 3.63) is 54.1 Å². The molecular weight excluding hydrogens is 370 g/mol. The fourth-order valence-electron chi connectivity index (χ4n) is 2.75. The number of amides is 1. The normalized spacial score (nSPS) is 10.7. The van der Waals surface area contributed by atoms with E-state index in [4.69, 9.17) is 0 Å². The molecule has 0 atom stereocenters. The lowest BCUT2D eigenvalue weighted by Crippen LogP contribution is -2.14. The topological polar surface area (TPSA) is 63.1 Å². The molecule has 0 radical (unpaired) electrons. The summed E-state index contributed by atoms with van der Waals surface area (Å²) in [5, 5.41) is 12.2. The molecule has 0 saturated heterocycles. The highest BCUT2D eigenvalue weighted by molar-refractivity contribution is 7.99. The van der Waals surface area contributed by atoms with Gasteiger partial charge >= 0.3 is 0 Å². The first-order valence-electron chi connectivity index (χ1n) is 9.16. The quantitative estimate of drug-likeness (QED) is 0.616. The van der Waals surface area contributed by atoms with Gasteiger partial charge in [0.05, 0.1) is 5.75 Å². The third kappa shape index (κ3) is 4.72. The molecule has 0 aliphatic carbocycles. The summed E-state index contributed by atoms with van der Waals surface area (Å²) in [4.78, 5) is 14.3. The Morgan fingerprint density at radius 3 is 2.36 bits per heavy atom. The third-order valence-electron chi connectivity index (χ3n) is 4.46. The summed E-state index contributed by atoms with van der Waals surface area (Å²) in [6.07, 6.45) is 0.983. The number of carbonyl (C=O) groups is 1. The van der Waals surface area contributed by atoms with Gasteiger partial charge in [0.1, 0.15) is 0 Å². The van der Waals surface area contributed by atoms with Crippen LogP contribution in [0.5, 0.6) is 0 Å². The van der Waals surface area contributed by atoms with Crippen molar-refractivity contribution in [3.63, 3.8) is 0 Å². The molecule has 0 bridgehead atoms. The number of aryl methyl sites for hydroxylation is 1. The standard InChI is InChI=1S/C21H25N5OS/c1-5-15-6-10-17(11-7-15)22-19(27)14-28-21-24-23-20(26(21)4)16-8-12-18(13-9-16)25(2)3/h6-13H,5,14H2,1-4H3,(H,22,27). The van der Waals surface area contributed by atoms with Gasteiger partial charge in [0, 0.05) is 38.1 Å². The van der Waals surface area contributed by atoms with Crippen molar-refractivity contribution in [2.24, 2.45) is 7.05 Å². The maximum absolute atomic E-state index is 12.2. The van der Waals surface area contributed by atoms with E-state index in [1.54, 1.807) is 0 Å². The Balaban J connectivity index is 1.61. The zero-order valence-corrected chi connectivity index (χ0v) is 17.5. The first-order valence-corrected chi connectivity index (χ1v) is 10.1. The van der Waals surface area contributed by atoms with E-state index in [1.807, 2.05) is 74.2 Å². The summed E-state index contributed by atoms with van der Waals surface area (Å²) in [5.74, 6) is 0.999. The molecule has 6 nitrogen and oxygen atoms in total. The van der Waals surface area contributed by atoms with Gasteiger partial charge in [-0.3, -0.25) is 4.79 Å². The molecule has 0 saturated carbocycles. The fraction of sp³-hybridized carbons (Fsp3) is 0.286. The molecule has 0 spiro atoms. The van der Waals surface area contributed by atoms with Crippen molar-refractivity contribution >= 4 is 29.0 Å². The Kier molecular flexibility index (Phi) is 6.36. The van der Waals surface area contributed by atoms with Gasteiger partial charge < -0.3 is 14.8 Å². The highest BCUT2D eigenvalue weighted by Gasteiger charge is 2.13. The van der Waals surface area contributed by atoms with Crippen LogP contribution in [0.3, 0.4) is 0 Å². The van der Waals surface area contributed by atoms with Gasteiger partial charge in [0.2, 0.25) is 5.91 Å². The molecule has 28 heavy (non-hydrogen) atoms. The van der Waals surface area contributed by atoms with Crippen LogP contribution in [0.4, 0.5) is 11.4 Å². The Labute approximate surface area is 170 Å². The monoisotopic (exact) mass is 395 g/mol. The molecule has 0 fully saturated rings. The van der Waals surface area contributed by atoms with Gasteiger partial charge in [-0.15, -0.1) is 10.2 Å². The van der Waals surface area contributed by atoms with Gasteiger partial charge in [0.15, 0.2) is 11.0 Å². The second kappa shape index (κ2) is 8.93. The average molecular weight is 396 g/mol. The molecular formula is C21H25N5OS. The molecule has 2 aromatic carbocycles. The van der Waals surface area contributed by atoms with Crippen LogP contribution in [0.25, 0.3) is 11.4 Å². The molecule has 0 aliphatic rings. The predicted molar refractivity (Wildman–Crippen MR) is 116 cm³/mol. The zero-order chi connectivity index (χ0) is 20.1. The van der Waals surface area contributed by atoms with E-state index < -0.39 is 0 Å². The number of nitrogens with one attached hydrogen (secondary N) is 1. The van der Waals surface area contributed by atoms with Crippen LogP contribution < -0.4 is 10.2 Å². The molecule has 0 unspecified atom stereocenters. The highest BCUT2D eigenvalue weighted by Crippen LogP contribution is 2.24. The SMILES string of the molecule is CCc1ccc(NC(=O)CSc2nnc(-c3ccc(N(C)C)cc3)n2C)cc1. The summed E-state index contributed by atoms with van der Waals surface area (Å²) in [7, 11) is 5.93. The average Bonchev–Trinajstić information content (AvgIpc) is 3.07. The van der Waals surface area contributed by atoms with E-state index in [9.17, 15) is 4.79 Å². The van der Waals surface area contributed by atoms with Crippen LogP contribution in [0.1, 0.15) is 12.5 Å². The van der Waals surface area contributed by atoms with E-state index in [-0.39, 0.29) is 11.7 Å². The van der Waals surface area contributed by atoms with E-state index >= 15 is 0 Å². The number of aromatic nitrogens is 3. The summed E-state index contributed by atoms with van der Waals surface area (Å²) in [6, 6.07) is 16.1. The molecule has 3 aromatic rings. The predicted octanol–water partition coefficient (Wildman–Crippen LogP) is 3.84. The molecule has 146 valence electrons. The first kappa shape index (κ1) is 19.9. The van der Waals surface area contributed by atoms with Gasteiger partial charge in [-0.05, 0) is 48.4 Å². The number of nitrogens with zero attached hydrogens (tertiary/aromatic N) is 4. The molecule has 7 heteroatoms. The number of benzene rings is 2. The Hall–Kier alpha value is -2.80. The molecule has 1 N–H and O–H groups in total. The van der Waals surface area contributed by atoms with Crippen molar-refractivity contribution in [1.29, 1.82) is 0 Å². The summed E-state index contributed by atoms with van der Waals surface area (Å²) in [5.41, 5.74) is 4.18. The molecule has 1 aromatic heterocycles. The van der Waals surface area contributed by atoms with Crippen LogP contribution in [0.15, 0.2) is 53.7 Å². The molecule has 3 rings (SSSR count). The van der Waals surface area contributed by atoms with Crippen molar-refractivity contribution < 1.29 is 4.79 Å². The largest absolute Gasteiger partial charge is 0.378 e. The second-order valence-corrected chi connectivity index (χ2v) is 7.64. The minimum atomic E-state index is -0.0610. The molecule has 0 aliphatic heterocycles. The minimum Gasteiger partial charge on any atom is -0.378 e. The van der Waals surface area contributed by atoms with E-state index in [0.29, 0.717) is 5.16 Å². The fourth-order valence-corrected chi connectivity index (χ4v) is 3.46. The number of anilines is 2. The lowest BCUT2D eigenvalue weighted by atomic mass is 10.1. The Bertz CT molecular complexity index is 932. The molecule has 1 heterocycles. The number of rotatable bonds is 7. The first-order chi connectivity index (χ1) is 13.5. The van der Waals surface area contributed by atoms with Crippen molar-refractivity contribution in [1.82, 2.24) is 14.8 Å². The van der Waals surface area contributed by atoms with Crippen LogP contribution in [0, 0.1) is 0 Å². The maximum atomic E-state index is 12.2. The van der Waals surface area contributed by atoms with Crippen molar-refractivity contribution in [2.75, 3.05) is 30.1 Å². The third-order valence-corrected chi connectivity index (χ3v) is 5.48. The van der Waals surface area contributed by atoms with Crippen LogP contribution in [0.2, 0.25) is 0 Å². The van der Waals surface area contributed by atoms with E-state index in [1.165, 1.54) is 17.3 Å². The highest BCUT2D eigenvalue weighted by atomic mass is 32.2. The van der Waals surface area contributed by atoms with Gasteiger partial charge in [-0.1, -0.05) is 30.8 Å². The number of hydrogen-bond acceptors (Lipinski definition) is 5. The van der Waals surface area contributed by atoms with Gasteiger partial charge in [0.25, 0.3) is 0 Å². The summed E-state index contributed by atoms with van der Waals surface area (Å²) < 4.78 is 1.92. The number of hydrogen-bond donors (Lipinski definition) is 1. The van der Waals surface area contributed by atoms with Crippen LogP contribution in [-0.4, -0.2) is 40.5 Å². The maximum Gasteiger partial charge on any atom is 0.234 e. The number of carbonyl (C=O) groups excluding carboxylic acids is 1. The van der Waals surface area contributed by atoms with Crippen LogP contribution >= 0.6 is 11.8 Å². The minimum absolute atomic E-state index is 0.0610. The van der Waals surface area contributed by atoms with E-state index in [2.05, 4.69) is 27.3 Å². The smallest absolute Gasteiger partial charge is 0.234 e. The lowest BCUT2D eigenvalue weighted by Gasteiger charge is -2.12. The number of thioether (sulfide) groups is 1. The van der Waals surface area contributed by atoms with Crippen molar-refractivity contribution in [3.8, 4) is 11.4 Å².